The van der Waals surface area contributed by atoms with Crippen molar-refractivity contribution in [1.29, 1.82) is 0 Å². The highest BCUT2D eigenvalue weighted by molar-refractivity contribution is 6.06. The lowest BCUT2D eigenvalue weighted by atomic mass is 10.2. The number of phenols is 1. The minimum absolute atomic E-state index is 0.384. The van der Waals surface area contributed by atoms with E-state index in [9.17, 15) is 24.4 Å². The maximum atomic E-state index is 13.3. The van der Waals surface area contributed by atoms with Gasteiger partial charge in [-0.15, -0.1) is 0 Å². The molecule has 102 valence electrons. The van der Waals surface area contributed by atoms with Crippen molar-refractivity contribution in [3.8, 4) is 5.75 Å². The maximum absolute atomic E-state index is 13.3. The molecule has 2 rings (SSSR count). The van der Waals surface area contributed by atoms with Gasteiger partial charge in [0.15, 0.2) is 5.69 Å². The van der Waals surface area contributed by atoms with Gasteiger partial charge in [-0.25, -0.2) is 4.98 Å². The van der Waals surface area contributed by atoms with E-state index in [2.05, 4.69) is 10.3 Å². The number of halogens is 1. The predicted molar refractivity (Wildman–Crippen MR) is 66.9 cm³/mol. The van der Waals surface area contributed by atoms with Crippen LogP contribution in [-0.4, -0.2) is 20.9 Å². The second kappa shape index (κ2) is 5.31. The summed E-state index contributed by atoms with van der Waals surface area (Å²) in [6.07, 6.45) is 1.16. The number of carbonyl (C=O) groups excluding carboxylic acids is 1. The number of aromatic hydroxyl groups is 1. The number of nitrogens with one attached hydrogen (secondary N) is 1. The quantitative estimate of drug-likeness (QED) is 0.387. The van der Waals surface area contributed by atoms with Crippen LogP contribution in [0.4, 0.5) is 15.8 Å². The molecule has 0 saturated heterocycles. The molecule has 0 bridgehead atoms. The number of carbonyl (C=O) groups is 1. The smallest absolute Gasteiger partial charge is 0.296 e. The molecule has 0 saturated carbocycles. The predicted octanol–water partition coefficient (Wildman–Crippen LogP) is 2.09. The number of aromatic nitrogens is 1. The molecule has 0 radical (unpaired) electrons. The van der Waals surface area contributed by atoms with Gasteiger partial charge in [0, 0.05) is 12.3 Å². The molecule has 1 heterocycles. The minimum Gasteiger partial charge on any atom is -0.505 e. The minimum atomic E-state index is -1.01. The van der Waals surface area contributed by atoms with E-state index in [0.29, 0.717) is 0 Å². The topological polar surface area (TPSA) is 105 Å². The molecule has 0 fully saturated rings. The fourth-order valence-corrected chi connectivity index (χ4v) is 1.54. The van der Waals surface area contributed by atoms with E-state index < -0.39 is 33.9 Å². The van der Waals surface area contributed by atoms with Crippen LogP contribution in [0.25, 0.3) is 0 Å². The number of amides is 1. The summed E-state index contributed by atoms with van der Waals surface area (Å²) in [5.41, 5.74) is -1.28. The summed E-state index contributed by atoms with van der Waals surface area (Å²) in [5.74, 6) is -2.44. The van der Waals surface area contributed by atoms with E-state index in [1.807, 2.05) is 0 Å². The number of nitro benzene ring substituents is 1. The van der Waals surface area contributed by atoms with Gasteiger partial charge >= 0.3 is 0 Å². The molecule has 0 atom stereocenters. The van der Waals surface area contributed by atoms with E-state index in [1.165, 1.54) is 24.3 Å². The summed E-state index contributed by atoms with van der Waals surface area (Å²) < 4.78 is 13.3. The summed E-state index contributed by atoms with van der Waals surface area (Å²) in [7, 11) is 0. The Morgan fingerprint density at radius 2 is 2.10 bits per heavy atom. The van der Waals surface area contributed by atoms with Gasteiger partial charge in [-0.05, 0) is 18.2 Å². The first-order chi connectivity index (χ1) is 9.50. The normalized spacial score (nSPS) is 10.1. The molecule has 20 heavy (non-hydrogen) atoms. The van der Waals surface area contributed by atoms with Crippen LogP contribution in [0.15, 0.2) is 36.5 Å². The van der Waals surface area contributed by atoms with Gasteiger partial charge in [-0.2, -0.15) is 4.39 Å². The third kappa shape index (κ3) is 2.53. The molecule has 1 aromatic carbocycles. The lowest BCUT2D eigenvalue weighted by Crippen LogP contribution is -2.15. The first-order valence-electron chi connectivity index (χ1n) is 5.39. The zero-order valence-electron chi connectivity index (χ0n) is 9.91. The Labute approximate surface area is 111 Å². The molecule has 8 heteroatoms. The first kappa shape index (κ1) is 13.4. The number of rotatable bonds is 3. The van der Waals surface area contributed by atoms with Crippen LogP contribution < -0.4 is 5.32 Å². The molecule has 0 aliphatic carbocycles. The highest BCUT2D eigenvalue weighted by atomic mass is 19.1. The van der Waals surface area contributed by atoms with Gasteiger partial charge in [0.25, 0.3) is 11.6 Å². The molecule has 2 aromatic rings. The van der Waals surface area contributed by atoms with Crippen LogP contribution in [0.3, 0.4) is 0 Å². The van der Waals surface area contributed by atoms with Gasteiger partial charge in [0.1, 0.15) is 5.75 Å². The fourth-order valence-electron chi connectivity index (χ4n) is 1.54. The second-order valence-electron chi connectivity index (χ2n) is 3.72. The van der Waals surface area contributed by atoms with Crippen LogP contribution in [0.1, 0.15) is 10.4 Å². The number of para-hydroxylation sites is 1. The summed E-state index contributed by atoms with van der Waals surface area (Å²) in [6.45, 7) is 0. The Kier molecular flexibility index (Phi) is 3.56. The number of hydrogen-bond acceptors (Lipinski definition) is 5. The van der Waals surface area contributed by atoms with Crippen LogP contribution in [0.5, 0.6) is 5.75 Å². The summed E-state index contributed by atoms with van der Waals surface area (Å²) in [6, 6.07) is 6.05. The van der Waals surface area contributed by atoms with Crippen LogP contribution in [0, 0.1) is 16.1 Å². The number of hydrogen-bond donors (Lipinski definition) is 2. The third-order valence-electron chi connectivity index (χ3n) is 2.46. The molecule has 0 aliphatic rings. The first-order valence-corrected chi connectivity index (χ1v) is 5.39. The Balaban J connectivity index is 2.38. The fraction of sp³-hybridized carbons (Fsp3) is 0. The lowest BCUT2D eigenvalue weighted by molar-refractivity contribution is -0.384. The van der Waals surface area contributed by atoms with Crippen molar-refractivity contribution in [1.82, 2.24) is 4.98 Å². The van der Waals surface area contributed by atoms with E-state index in [0.717, 1.165) is 12.3 Å². The molecule has 0 aliphatic heterocycles. The van der Waals surface area contributed by atoms with Gasteiger partial charge in [-0.1, -0.05) is 6.07 Å². The van der Waals surface area contributed by atoms with Crippen molar-refractivity contribution < 1.29 is 19.2 Å². The van der Waals surface area contributed by atoms with Crippen molar-refractivity contribution >= 4 is 17.3 Å². The number of pyridine rings is 1. The highest BCUT2D eigenvalue weighted by Gasteiger charge is 2.21. The molecule has 2 N–H and O–H groups in total. The highest BCUT2D eigenvalue weighted by Crippen LogP contribution is 2.33. The molecule has 1 aromatic heterocycles. The van der Waals surface area contributed by atoms with Crippen molar-refractivity contribution in [2.75, 3.05) is 5.32 Å². The second-order valence-corrected chi connectivity index (χ2v) is 3.72. The number of benzene rings is 1. The summed E-state index contributed by atoms with van der Waals surface area (Å²) in [4.78, 5) is 25.2. The number of nitro groups is 1. The third-order valence-corrected chi connectivity index (χ3v) is 2.46. The molecule has 0 unspecified atom stereocenters. The van der Waals surface area contributed by atoms with Gasteiger partial charge < -0.3 is 10.4 Å². The molecular weight excluding hydrogens is 269 g/mol. The van der Waals surface area contributed by atoms with E-state index >= 15 is 0 Å². The van der Waals surface area contributed by atoms with Crippen LogP contribution >= 0.6 is 0 Å². The zero-order valence-corrected chi connectivity index (χ0v) is 9.91. The van der Waals surface area contributed by atoms with Crippen LogP contribution in [-0.2, 0) is 0 Å². The van der Waals surface area contributed by atoms with Gasteiger partial charge in [0.2, 0.25) is 5.95 Å². The molecule has 1 amide bonds. The van der Waals surface area contributed by atoms with E-state index in [1.54, 1.807) is 0 Å². The molecule has 7 nitrogen and oxygen atoms in total. The molecular formula is C12H8FN3O4. The maximum Gasteiger partial charge on any atom is 0.296 e. The Bertz CT molecular complexity index is 690. The van der Waals surface area contributed by atoms with Crippen molar-refractivity contribution in [2.45, 2.75) is 0 Å². The van der Waals surface area contributed by atoms with Crippen molar-refractivity contribution in [3.05, 3.63) is 58.2 Å². The molecule has 0 spiro atoms. The largest absolute Gasteiger partial charge is 0.505 e. The zero-order chi connectivity index (χ0) is 14.7. The number of phenolic OH excluding ortho intramolecular Hbond substituents is 1. The lowest BCUT2D eigenvalue weighted by Gasteiger charge is -2.07. The van der Waals surface area contributed by atoms with Crippen LogP contribution in [0.2, 0.25) is 0 Å². The van der Waals surface area contributed by atoms with E-state index in [-0.39, 0.29) is 5.56 Å². The summed E-state index contributed by atoms with van der Waals surface area (Å²) in [5, 5.41) is 22.5. The Morgan fingerprint density at radius 3 is 2.75 bits per heavy atom. The average molecular weight is 277 g/mol. The number of nitrogens with zero attached hydrogens (tertiary/aromatic N) is 2. The van der Waals surface area contributed by atoms with E-state index in [4.69, 9.17) is 0 Å². The van der Waals surface area contributed by atoms with Crippen molar-refractivity contribution in [3.63, 3.8) is 0 Å². The van der Waals surface area contributed by atoms with Gasteiger partial charge in [-0.3, -0.25) is 14.9 Å². The standard InChI is InChI=1S/C12H8FN3O4/c13-11-7(3-2-6-14-11)12(18)15-10-8(16(19)20)4-1-5-9(10)17/h1-6,17H,(H,15,18). The van der Waals surface area contributed by atoms with Gasteiger partial charge in [0.05, 0.1) is 10.5 Å². The average Bonchev–Trinajstić information content (AvgIpc) is 2.41. The Hall–Kier alpha value is -3.03. The van der Waals surface area contributed by atoms with Crippen molar-refractivity contribution in [2.24, 2.45) is 0 Å². The number of anilines is 1. The SMILES string of the molecule is O=C(Nc1c(O)cccc1[N+](=O)[O-])c1cccnc1F. The summed E-state index contributed by atoms with van der Waals surface area (Å²) >= 11 is 0. The monoisotopic (exact) mass is 277 g/mol. The Morgan fingerprint density at radius 1 is 1.35 bits per heavy atom.